The number of hydrogen-bond acceptors (Lipinski definition) is 4. The summed E-state index contributed by atoms with van der Waals surface area (Å²) in [6.07, 6.45) is 0.350. The average molecular weight is 371 g/mol. The zero-order valence-electron chi connectivity index (χ0n) is 15.6. The summed E-state index contributed by atoms with van der Waals surface area (Å²) >= 11 is 0. The monoisotopic (exact) mass is 371 g/mol. The third-order valence-corrected chi connectivity index (χ3v) is 4.10. The summed E-state index contributed by atoms with van der Waals surface area (Å²) in [4.78, 5) is 24.1. The first-order chi connectivity index (χ1) is 13.0. The predicted molar refractivity (Wildman–Crippen MR) is 102 cm³/mol. The summed E-state index contributed by atoms with van der Waals surface area (Å²) in [6.45, 7) is 2.73. The second-order valence-electron chi connectivity index (χ2n) is 6.28. The van der Waals surface area contributed by atoms with E-state index in [-0.39, 0.29) is 12.5 Å². The van der Waals surface area contributed by atoms with Crippen molar-refractivity contribution in [3.8, 4) is 5.75 Å². The molecule has 144 valence electrons. The Hall–Kier alpha value is -2.86. The second kappa shape index (κ2) is 10.3. The van der Waals surface area contributed by atoms with Gasteiger partial charge < -0.3 is 19.9 Å². The van der Waals surface area contributed by atoms with Gasteiger partial charge in [0.15, 0.2) is 0 Å². The first-order valence-electron chi connectivity index (χ1n) is 8.78. The summed E-state index contributed by atoms with van der Waals surface area (Å²) in [5.74, 6) is -1.57. The van der Waals surface area contributed by atoms with Crippen molar-refractivity contribution < 1.29 is 24.2 Å². The highest BCUT2D eigenvalue weighted by Gasteiger charge is 2.20. The van der Waals surface area contributed by atoms with E-state index in [0.29, 0.717) is 30.9 Å². The number of hydrogen-bond donors (Lipinski definition) is 2. The average Bonchev–Trinajstić information content (AvgIpc) is 2.65. The van der Waals surface area contributed by atoms with Gasteiger partial charge in [0.2, 0.25) is 0 Å². The number of aliphatic carboxylic acids is 1. The van der Waals surface area contributed by atoms with Gasteiger partial charge in [0.25, 0.3) is 5.91 Å². The van der Waals surface area contributed by atoms with Crippen molar-refractivity contribution in [2.75, 3.05) is 26.9 Å². The molecular formula is C21H25NO5. The normalized spacial score (nSPS) is 11.6. The van der Waals surface area contributed by atoms with Crippen molar-refractivity contribution in [1.29, 1.82) is 0 Å². The van der Waals surface area contributed by atoms with Crippen LogP contribution < -0.4 is 10.1 Å². The number of carboxylic acid groups (broad SMARTS) is 1. The van der Waals surface area contributed by atoms with Gasteiger partial charge in [-0.2, -0.15) is 0 Å². The lowest BCUT2D eigenvalue weighted by molar-refractivity contribution is -0.141. The van der Waals surface area contributed by atoms with Crippen molar-refractivity contribution in [3.05, 3.63) is 65.2 Å². The van der Waals surface area contributed by atoms with Gasteiger partial charge in [-0.05, 0) is 31.0 Å². The molecule has 0 aliphatic heterocycles. The molecule has 2 rings (SSSR count). The topological polar surface area (TPSA) is 84.9 Å². The number of amides is 1. The number of carbonyl (C=O) groups is 2. The molecule has 2 aromatic carbocycles. The molecule has 1 unspecified atom stereocenters. The molecule has 0 spiro atoms. The molecule has 0 fully saturated rings. The largest absolute Gasteiger partial charge is 0.490 e. The summed E-state index contributed by atoms with van der Waals surface area (Å²) in [7, 11) is 1.57. The van der Waals surface area contributed by atoms with Gasteiger partial charge in [0, 0.05) is 13.7 Å². The molecule has 0 aliphatic rings. The number of para-hydroxylation sites is 1. The Morgan fingerprint density at radius 3 is 2.59 bits per heavy atom. The molecule has 2 aromatic rings. The molecule has 0 saturated carbocycles. The first kappa shape index (κ1) is 20.5. The zero-order valence-corrected chi connectivity index (χ0v) is 15.6. The van der Waals surface area contributed by atoms with Gasteiger partial charge in [-0.15, -0.1) is 0 Å². The minimum atomic E-state index is -0.943. The van der Waals surface area contributed by atoms with Crippen molar-refractivity contribution >= 4 is 11.9 Å². The van der Waals surface area contributed by atoms with Gasteiger partial charge in [0.1, 0.15) is 12.4 Å². The fourth-order valence-electron chi connectivity index (χ4n) is 2.70. The molecule has 0 saturated heterocycles. The number of carbonyl (C=O) groups excluding carboxylic acids is 1. The molecule has 0 heterocycles. The van der Waals surface area contributed by atoms with Gasteiger partial charge in [-0.25, -0.2) is 0 Å². The highest BCUT2D eigenvalue weighted by Crippen LogP contribution is 2.18. The van der Waals surface area contributed by atoms with Crippen molar-refractivity contribution in [2.24, 2.45) is 5.92 Å². The van der Waals surface area contributed by atoms with E-state index >= 15 is 0 Å². The lowest BCUT2D eigenvalue weighted by Gasteiger charge is -2.15. The molecular weight excluding hydrogens is 346 g/mol. The third kappa shape index (κ3) is 6.42. The van der Waals surface area contributed by atoms with E-state index in [0.717, 1.165) is 11.1 Å². The Kier molecular flexibility index (Phi) is 7.82. The Labute approximate surface area is 159 Å². The highest BCUT2D eigenvalue weighted by atomic mass is 16.5. The van der Waals surface area contributed by atoms with Crippen LogP contribution in [0.15, 0.2) is 48.5 Å². The summed E-state index contributed by atoms with van der Waals surface area (Å²) < 4.78 is 10.5. The van der Waals surface area contributed by atoms with E-state index in [1.165, 1.54) is 0 Å². The van der Waals surface area contributed by atoms with Crippen LogP contribution >= 0.6 is 0 Å². The quantitative estimate of drug-likeness (QED) is 0.627. The molecule has 6 nitrogen and oxygen atoms in total. The molecule has 27 heavy (non-hydrogen) atoms. The lowest BCUT2D eigenvalue weighted by atomic mass is 9.98. The molecule has 1 atom stereocenters. The molecule has 0 aliphatic carbocycles. The van der Waals surface area contributed by atoms with E-state index in [1.807, 2.05) is 31.2 Å². The maximum Gasteiger partial charge on any atom is 0.308 e. The smallest absolute Gasteiger partial charge is 0.308 e. The first-order valence-corrected chi connectivity index (χ1v) is 8.78. The predicted octanol–water partition coefficient (Wildman–Crippen LogP) is 2.69. The van der Waals surface area contributed by atoms with Crippen LogP contribution in [0, 0.1) is 12.8 Å². The van der Waals surface area contributed by atoms with Crippen LogP contribution in [0.2, 0.25) is 0 Å². The van der Waals surface area contributed by atoms with Gasteiger partial charge >= 0.3 is 5.97 Å². The van der Waals surface area contributed by atoms with E-state index in [9.17, 15) is 14.7 Å². The summed E-state index contributed by atoms with van der Waals surface area (Å²) in [5.41, 5.74) is 2.37. The van der Waals surface area contributed by atoms with E-state index in [4.69, 9.17) is 9.47 Å². The number of ether oxygens (including phenoxy) is 2. The van der Waals surface area contributed by atoms with Gasteiger partial charge in [-0.3, -0.25) is 9.59 Å². The van der Waals surface area contributed by atoms with Crippen LogP contribution in [-0.2, 0) is 16.0 Å². The molecule has 6 heteroatoms. The van der Waals surface area contributed by atoms with E-state index in [1.54, 1.807) is 31.4 Å². The molecule has 0 aromatic heterocycles. The minimum absolute atomic E-state index is 0.0362. The molecule has 2 N–H and O–H groups in total. The molecule has 1 amide bonds. The molecule has 0 radical (unpaired) electrons. The fraction of sp³-hybridized carbons (Fsp3) is 0.333. The maximum atomic E-state index is 12.5. The summed E-state index contributed by atoms with van der Waals surface area (Å²) in [6, 6.07) is 14.6. The van der Waals surface area contributed by atoms with E-state index < -0.39 is 11.9 Å². The number of rotatable bonds is 10. The third-order valence-electron chi connectivity index (χ3n) is 4.10. The zero-order chi connectivity index (χ0) is 19.6. The number of methoxy groups -OCH3 is 1. The molecule has 0 bridgehead atoms. The Morgan fingerprint density at radius 2 is 1.89 bits per heavy atom. The van der Waals surface area contributed by atoms with Crippen LogP contribution in [0.4, 0.5) is 0 Å². The SMILES string of the molecule is COCCOc1ccccc1C(=O)NCC(Cc1cccc(C)c1)C(=O)O. The Balaban J connectivity index is 2.00. The van der Waals surface area contributed by atoms with Crippen LogP contribution in [0.5, 0.6) is 5.75 Å². The number of benzene rings is 2. The van der Waals surface area contributed by atoms with Crippen molar-refractivity contribution in [1.82, 2.24) is 5.32 Å². The van der Waals surface area contributed by atoms with Gasteiger partial charge in [0.05, 0.1) is 18.1 Å². The van der Waals surface area contributed by atoms with Crippen LogP contribution in [0.1, 0.15) is 21.5 Å². The van der Waals surface area contributed by atoms with Crippen LogP contribution in [0.3, 0.4) is 0 Å². The minimum Gasteiger partial charge on any atom is -0.490 e. The highest BCUT2D eigenvalue weighted by molar-refractivity contribution is 5.97. The standard InChI is InChI=1S/C21H25NO5/c1-15-6-5-7-16(12-15)13-17(21(24)25)14-22-20(23)18-8-3-4-9-19(18)27-11-10-26-2/h3-9,12,17H,10-11,13-14H2,1-2H3,(H,22,23)(H,24,25). The number of carboxylic acids is 1. The Bertz CT molecular complexity index is 775. The van der Waals surface area contributed by atoms with Gasteiger partial charge in [-0.1, -0.05) is 42.0 Å². The second-order valence-corrected chi connectivity index (χ2v) is 6.28. The lowest BCUT2D eigenvalue weighted by Crippen LogP contribution is -2.34. The summed E-state index contributed by atoms with van der Waals surface area (Å²) in [5, 5.41) is 12.2. The fourth-order valence-corrected chi connectivity index (χ4v) is 2.70. The van der Waals surface area contributed by atoms with Crippen molar-refractivity contribution in [2.45, 2.75) is 13.3 Å². The number of nitrogens with one attached hydrogen (secondary N) is 1. The van der Waals surface area contributed by atoms with E-state index in [2.05, 4.69) is 5.32 Å². The number of aryl methyl sites for hydroxylation is 1. The van der Waals surface area contributed by atoms with Crippen LogP contribution in [-0.4, -0.2) is 43.9 Å². The maximum absolute atomic E-state index is 12.5. The van der Waals surface area contributed by atoms with Crippen molar-refractivity contribution in [3.63, 3.8) is 0 Å². The Morgan fingerprint density at radius 1 is 1.11 bits per heavy atom. The van der Waals surface area contributed by atoms with Crippen LogP contribution in [0.25, 0.3) is 0 Å².